The largest absolute Gasteiger partial charge is 0.481 e. The van der Waals surface area contributed by atoms with Crippen molar-refractivity contribution in [2.45, 2.75) is 12.7 Å². The minimum absolute atomic E-state index is 0.0299. The molecule has 0 unspecified atom stereocenters. The van der Waals surface area contributed by atoms with Gasteiger partial charge < -0.3 is 9.52 Å². The first-order valence-electron chi connectivity index (χ1n) is 5.34. The summed E-state index contributed by atoms with van der Waals surface area (Å²) in [5, 5.41) is 16.4. The van der Waals surface area contributed by atoms with E-state index >= 15 is 0 Å². The molecule has 5 nitrogen and oxygen atoms in total. The molecule has 0 fully saturated rings. The molecule has 0 bridgehead atoms. The van der Waals surface area contributed by atoms with Crippen molar-refractivity contribution >= 4 is 17.7 Å². The maximum Gasteiger partial charge on any atom is 0.313 e. The molecule has 2 rings (SSSR count). The van der Waals surface area contributed by atoms with Crippen LogP contribution in [-0.2, 0) is 10.5 Å². The van der Waals surface area contributed by atoms with Crippen molar-refractivity contribution in [3.05, 3.63) is 35.7 Å². The summed E-state index contributed by atoms with van der Waals surface area (Å²) < 4.78 is 5.47. The number of thioether (sulfide) groups is 1. The van der Waals surface area contributed by atoms with E-state index in [1.54, 1.807) is 0 Å². The summed E-state index contributed by atoms with van der Waals surface area (Å²) in [4.78, 5) is 10.4. The Kier molecular flexibility index (Phi) is 3.99. The van der Waals surface area contributed by atoms with E-state index in [1.807, 2.05) is 31.2 Å². The zero-order valence-electron chi connectivity index (χ0n) is 9.79. The third kappa shape index (κ3) is 3.33. The minimum Gasteiger partial charge on any atom is -0.481 e. The minimum atomic E-state index is -0.849. The maximum absolute atomic E-state index is 10.4. The van der Waals surface area contributed by atoms with Crippen molar-refractivity contribution in [2.24, 2.45) is 0 Å². The Morgan fingerprint density at radius 1 is 1.44 bits per heavy atom. The number of benzene rings is 1. The number of rotatable bonds is 5. The van der Waals surface area contributed by atoms with Crippen LogP contribution < -0.4 is 0 Å². The van der Waals surface area contributed by atoms with Crippen LogP contribution in [0.3, 0.4) is 0 Å². The molecule has 0 atom stereocenters. The standard InChI is InChI=1S/C12H12N2O3S/c1-8-3-2-4-9(5-8)12-14-13-10(17-12)6-18-7-11(15)16/h2-5H,6-7H2,1H3,(H,15,16). The van der Waals surface area contributed by atoms with E-state index in [-0.39, 0.29) is 5.75 Å². The number of hydrogen-bond donors (Lipinski definition) is 1. The van der Waals surface area contributed by atoms with Gasteiger partial charge in [0, 0.05) is 5.56 Å². The van der Waals surface area contributed by atoms with Crippen LogP contribution >= 0.6 is 11.8 Å². The molecule has 1 aromatic heterocycles. The summed E-state index contributed by atoms with van der Waals surface area (Å²) in [6.45, 7) is 1.99. The highest BCUT2D eigenvalue weighted by Gasteiger charge is 2.09. The molecule has 6 heteroatoms. The summed E-state index contributed by atoms with van der Waals surface area (Å²) in [5.74, 6) is 0.494. The number of carboxylic acids is 1. The van der Waals surface area contributed by atoms with Gasteiger partial charge in [0.15, 0.2) is 0 Å². The average molecular weight is 264 g/mol. The number of aliphatic carboxylic acids is 1. The number of carbonyl (C=O) groups is 1. The van der Waals surface area contributed by atoms with Crippen molar-refractivity contribution < 1.29 is 14.3 Å². The van der Waals surface area contributed by atoms with Gasteiger partial charge in [-0.15, -0.1) is 22.0 Å². The van der Waals surface area contributed by atoms with E-state index in [9.17, 15) is 4.79 Å². The average Bonchev–Trinajstić information content (AvgIpc) is 2.77. The van der Waals surface area contributed by atoms with Gasteiger partial charge >= 0.3 is 5.97 Å². The second kappa shape index (κ2) is 5.68. The molecule has 0 aliphatic rings. The van der Waals surface area contributed by atoms with Crippen LogP contribution in [0.25, 0.3) is 11.5 Å². The Morgan fingerprint density at radius 2 is 2.28 bits per heavy atom. The lowest BCUT2D eigenvalue weighted by molar-refractivity contribution is -0.133. The lowest BCUT2D eigenvalue weighted by Crippen LogP contribution is -1.98. The van der Waals surface area contributed by atoms with E-state index in [4.69, 9.17) is 9.52 Å². The summed E-state index contributed by atoms with van der Waals surface area (Å²) in [6.07, 6.45) is 0. The zero-order chi connectivity index (χ0) is 13.0. The highest BCUT2D eigenvalue weighted by molar-refractivity contribution is 7.99. The van der Waals surface area contributed by atoms with Crippen LogP contribution in [0.5, 0.6) is 0 Å². The van der Waals surface area contributed by atoms with Gasteiger partial charge in [0.2, 0.25) is 11.8 Å². The van der Waals surface area contributed by atoms with Crippen LogP contribution in [0.15, 0.2) is 28.7 Å². The Morgan fingerprint density at radius 3 is 3.00 bits per heavy atom. The van der Waals surface area contributed by atoms with Crippen molar-refractivity contribution in [3.63, 3.8) is 0 Å². The molecule has 2 aromatic rings. The van der Waals surface area contributed by atoms with Crippen LogP contribution in [0.1, 0.15) is 11.5 Å². The van der Waals surface area contributed by atoms with Crippen LogP contribution in [0, 0.1) is 6.92 Å². The Labute approximate surface area is 108 Å². The molecule has 0 saturated heterocycles. The summed E-state index contributed by atoms with van der Waals surface area (Å²) >= 11 is 1.23. The molecule has 1 aromatic carbocycles. The molecular weight excluding hydrogens is 252 g/mol. The van der Waals surface area contributed by atoms with Gasteiger partial charge in [-0.3, -0.25) is 4.79 Å². The van der Waals surface area contributed by atoms with Crippen molar-refractivity contribution in [2.75, 3.05) is 5.75 Å². The lowest BCUT2D eigenvalue weighted by Gasteiger charge is -1.96. The fourth-order valence-electron chi connectivity index (χ4n) is 1.43. The van der Waals surface area contributed by atoms with Crippen molar-refractivity contribution in [1.82, 2.24) is 10.2 Å². The second-order valence-electron chi connectivity index (χ2n) is 3.76. The Hall–Kier alpha value is -1.82. The molecule has 0 amide bonds. The quantitative estimate of drug-likeness (QED) is 0.893. The molecule has 0 radical (unpaired) electrons. The van der Waals surface area contributed by atoms with Gasteiger partial charge in [-0.2, -0.15) is 0 Å². The first-order chi connectivity index (χ1) is 8.65. The normalized spacial score (nSPS) is 10.5. The molecular formula is C12H12N2O3S. The molecule has 0 aliphatic carbocycles. The Balaban J connectivity index is 2.04. The molecule has 1 N–H and O–H groups in total. The van der Waals surface area contributed by atoms with Gasteiger partial charge in [0.25, 0.3) is 0 Å². The van der Waals surface area contributed by atoms with E-state index in [2.05, 4.69) is 10.2 Å². The summed E-state index contributed by atoms with van der Waals surface area (Å²) in [6, 6.07) is 7.77. The van der Waals surface area contributed by atoms with Gasteiger partial charge in [-0.05, 0) is 19.1 Å². The van der Waals surface area contributed by atoms with Crippen LogP contribution in [0.2, 0.25) is 0 Å². The van der Waals surface area contributed by atoms with Gasteiger partial charge in [-0.1, -0.05) is 17.7 Å². The first kappa shape index (κ1) is 12.6. The van der Waals surface area contributed by atoms with E-state index < -0.39 is 5.97 Å². The van der Waals surface area contributed by atoms with Crippen molar-refractivity contribution in [3.8, 4) is 11.5 Å². The monoisotopic (exact) mass is 264 g/mol. The van der Waals surface area contributed by atoms with Crippen LogP contribution in [0.4, 0.5) is 0 Å². The molecule has 0 saturated carbocycles. The van der Waals surface area contributed by atoms with E-state index in [0.717, 1.165) is 11.1 Å². The predicted molar refractivity (Wildman–Crippen MR) is 68.3 cm³/mol. The smallest absolute Gasteiger partial charge is 0.313 e. The van der Waals surface area contributed by atoms with E-state index in [1.165, 1.54) is 11.8 Å². The molecule has 0 spiro atoms. The summed E-state index contributed by atoms with van der Waals surface area (Å²) in [7, 11) is 0. The van der Waals surface area contributed by atoms with E-state index in [0.29, 0.717) is 17.5 Å². The molecule has 1 heterocycles. The second-order valence-corrected chi connectivity index (χ2v) is 4.74. The van der Waals surface area contributed by atoms with Gasteiger partial charge in [-0.25, -0.2) is 0 Å². The topological polar surface area (TPSA) is 76.2 Å². The van der Waals surface area contributed by atoms with Crippen LogP contribution in [-0.4, -0.2) is 27.0 Å². The number of aryl methyl sites for hydroxylation is 1. The first-order valence-corrected chi connectivity index (χ1v) is 6.49. The fourth-order valence-corrected chi connectivity index (χ4v) is 2.00. The van der Waals surface area contributed by atoms with Gasteiger partial charge in [0.1, 0.15) is 0 Å². The highest BCUT2D eigenvalue weighted by Crippen LogP contribution is 2.20. The zero-order valence-corrected chi connectivity index (χ0v) is 10.6. The SMILES string of the molecule is Cc1cccc(-c2nnc(CSCC(=O)O)o2)c1. The third-order valence-corrected chi connectivity index (χ3v) is 3.09. The highest BCUT2D eigenvalue weighted by atomic mass is 32.2. The van der Waals surface area contributed by atoms with Crippen molar-refractivity contribution in [1.29, 1.82) is 0 Å². The number of hydrogen-bond acceptors (Lipinski definition) is 5. The fraction of sp³-hybridized carbons (Fsp3) is 0.250. The summed E-state index contributed by atoms with van der Waals surface area (Å²) in [5.41, 5.74) is 1.99. The number of aromatic nitrogens is 2. The molecule has 0 aliphatic heterocycles. The number of carboxylic acid groups (broad SMARTS) is 1. The Bertz CT molecular complexity index is 554. The molecule has 18 heavy (non-hydrogen) atoms. The third-order valence-electron chi connectivity index (χ3n) is 2.18. The maximum atomic E-state index is 10.4. The number of nitrogens with zero attached hydrogens (tertiary/aromatic N) is 2. The predicted octanol–water partition coefficient (Wildman–Crippen LogP) is 2.36. The van der Waals surface area contributed by atoms with Gasteiger partial charge in [0.05, 0.1) is 11.5 Å². The molecule has 94 valence electrons. The lowest BCUT2D eigenvalue weighted by atomic mass is 10.1.